The number of rotatable bonds is 8. The topological polar surface area (TPSA) is 52.9 Å². The average Bonchev–Trinajstić information content (AvgIpc) is 3.16. The molecule has 3 aromatic rings. The lowest BCUT2D eigenvalue weighted by molar-refractivity contribution is 0.0234. The number of carbonyl (C=O) groups excluding carboxylic acids is 1. The van der Waals surface area contributed by atoms with Crippen LogP contribution in [0.15, 0.2) is 48.5 Å². The van der Waals surface area contributed by atoms with Crippen molar-refractivity contribution in [2.45, 2.75) is 45.4 Å². The number of benzene rings is 2. The largest absolute Gasteiger partial charge is 0.497 e. The van der Waals surface area contributed by atoms with Crippen LogP contribution in [0.5, 0.6) is 5.75 Å². The maximum Gasteiger partial charge on any atom is 0.340 e. The monoisotopic (exact) mass is 464 g/mol. The molecule has 3 atom stereocenters. The standard InChI is InChI=1S/C28H36N2O4/c1-19(30-20(2)27(28(31)33-5)25-8-6-7-9-26(25)30)22-14-15-29(3)23(16-22)18-34-17-21-10-12-24(32-4)13-11-21/h6-13,19,22-23H,14-18H2,1-5H3. The summed E-state index contributed by atoms with van der Waals surface area (Å²) >= 11 is 0. The van der Waals surface area contributed by atoms with Crippen molar-refractivity contribution in [2.75, 3.05) is 34.4 Å². The molecule has 0 N–H and O–H groups in total. The van der Waals surface area contributed by atoms with Crippen LogP contribution in [-0.2, 0) is 16.1 Å². The van der Waals surface area contributed by atoms with E-state index in [-0.39, 0.29) is 12.0 Å². The Labute approximate surface area is 202 Å². The summed E-state index contributed by atoms with van der Waals surface area (Å²) in [5, 5.41) is 0.964. The predicted octanol–water partition coefficient (Wildman–Crippen LogP) is 5.23. The van der Waals surface area contributed by atoms with Gasteiger partial charge >= 0.3 is 5.97 Å². The van der Waals surface area contributed by atoms with Gasteiger partial charge in [-0.2, -0.15) is 0 Å². The second kappa shape index (κ2) is 10.6. The number of nitrogens with zero attached hydrogens (tertiary/aromatic N) is 2. The molecule has 2 aromatic carbocycles. The summed E-state index contributed by atoms with van der Waals surface area (Å²) in [5.41, 5.74) is 3.90. The number of ether oxygens (including phenoxy) is 3. The molecule has 0 radical (unpaired) electrons. The molecule has 1 saturated heterocycles. The summed E-state index contributed by atoms with van der Waals surface area (Å²) in [6.07, 6.45) is 2.17. The molecule has 0 amide bonds. The highest BCUT2D eigenvalue weighted by molar-refractivity contribution is 6.05. The van der Waals surface area contributed by atoms with Gasteiger partial charge in [0.2, 0.25) is 0 Å². The molecule has 6 heteroatoms. The highest BCUT2D eigenvalue weighted by Crippen LogP contribution is 2.37. The van der Waals surface area contributed by atoms with Crippen molar-refractivity contribution >= 4 is 16.9 Å². The number of hydrogen-bond donors (Lipinski definition) is 0. The number of para-hydroxylation sites is 1. The van der Waals surface area contributed by atoms with Crippen LogP contribution >= 0.6 is 0 Å². The predicted molar refractivity (Wildman–Crippen MR) is 135 cm³/mol. The Balaban J connectivity index is 1.47. The summed E-state index contributed by atoms with van der Waals surface area (Å²) in [6.45, 7) is 6.65. The van der Waals surface area contributed by atoms with Crippen LogP contribution in [-0.4, -0.2) is 55.9 Å². The smallest absolute Gasteiger partial charge is 0.340 e. The van der Waals surface area contributed by atoms with Crippen molar-refractivity contribution in [1.29, 1.82) is 0 Å². The first kappa shape index (κ1) is 24.3. The van der Waals surface area contributed by atoms with Crippen LogP contribution in [0.1, 0.15) is 47.4 Å². The van der Waals surface area contributed by atoms with Crippen molar-refractivity contribution in [3.63, 3.8) is 0 Å². The van der Waals surface area contributed by atoms with Crippen LogP contribution in [0.4, 0.5) is 0 Å². The Kier molecular flexibility index (Phi) is 7.59. The lowest BCUT2D eigenvalue weighted by atomic mass is 9.86. The molecule has 1 aliphatic heterocycles. The van der Waals surface area contributed by atoms with Crippen molar-refractivity contribution in [3.8, 4) is 5.75 Å². The van der Waals surface area contributed by atoms with E-state index in [9.17, 15) is 4.79 Å². The van der Waals surface area contributed by atoms with E-state index in [4.69, 9.17) is 14.2 Å². The van der Waals surface area contributed by atoms with Gasteiger partial charge in [-0.25, -0.2) is 4.79 Å². The zero-order valence-electron chi connectivity index (χ0n) is 20.9. The summed E-state index contributed by atoms with van der Waals surface area (Å²) in [7, 11) is 5.31. The zero-order chi connectivity index (χ0) is 24.2. The number of likely N-dealkylation sites (N-methyl/N-ethyl adjacent to an activating group) is 1. The van der Waals surface area contributed by atoms with Crippen LogP contribution < -0.4 is 4.74 Å². The van der Waals surface area contributed by atoms with Crippen LogP contribution in [0.25, 0.3) is 10.9 Å². The van der Waals surface area contributed by atoms with E-state index in [0.717, 1.165) is 47.3 Å². The maximum absolute atomic E-state index is 12.6. The number of piperidine rings is 1. The molecule has 1 aromatic heterocycles. The van der Waals surface area contributed by atoms with Gasteiger partial charge in [-0.15, -0.1) is 0 Å². The maximum atomic E-state index is 12.6. The number of esters is 1. The molecular formula is C28H36N2O4. The number of hydrogen-bond acceptors (Lipinski definition) is 5. The van der Waals surface area contributed by atoms with E-state index in [1.165, 1.54) is 7.11 Å². The number of likely N-dealkylation sites (tertiary alicyclic amines) is 1. The fraction of sp³-hybridized carbons (Fsp3) is 0.464. The molecular weight excluding hydrogens is 428 g/mol. The molecule has 1 fully saturated rings. The summed E-state index contributed by atoms with van der Waals surface area (Å²) < 4.78 is 18.8. The minimum atomic E-state index is -0.271. The normalized spacial score (nSPS) is 19.8. The summed E-state index contributed by atoms with van der Waals surface area (Å²) in [6, 6.07) is 16.8. The minimum absolute atomic E-state index is 0.265. The summed E-state index contributed by atoms with van der Waals surface area (Å²) in [4.78, 5) is 15.0. The molecule has 0 bridgehead atoms. The van der Waals surface area contributed by atoms with Gasteiger partial charge in [0, 0.05) is 28.7 Å². The second-order valence-electron chi connectivity index (χ2n) is 9.36. The van der Waals surface area contributed by atoms with Crippen molar-refractivity contribution in [1.82, 2.24) is 9.47 Å². The molecule has 2 heterocycles. The molecule has 1 aliphatic rings. The number of aromatic nitrogens is 1. The molecule has 34 heavy (non-hydrogen) atoms. The van der Waals surface area contributed by atoms with Crippen LogP contribution in [0, 0.1) is 12.8 Å². The first-order valence-electron chi connectivity index (χ1n) is 12.0. The fourth-order valence-corrected chi connectivity index (χ4v) is 5.35. The Bertz CT molecular complexity index is 1120. The fourth-order valence-electron chi connectivity index (χ4n) is 5.35. The van der Waals surface area contributed by atoms with Gasteiger partial charge < -0.3 is 23.7 Å². The van der Waals surface area contributed by atoms with E-state index in [0.29, 0.717) is 30.7 Å². The second-order valence-corrected chi connectivity index (χ2v) is 9.36. The number of fused-ring (bicyclic) bond motifs is 1. The molecule has 3 unspecified atom stereocenters. The molecule has 6 nitrogen and oxygen atoms in total. The van der Waals surface area contributed by atoms with E-state index < -0.39 is 0 Å². The number of carbonyl (C=O) groups is 1. The third-order valence-corrected chi connectivity index (χ3v) is 7.42. The van der Waals surface area contributed by atoms with Crippen LogP contribution in [0.2, 0.25) is 0 Å². The highest BCUT2D eigenvalue weighted by Gasteiger charge is 2.32. The van der Waals surface area contributed by atoms with E-state index >= 15 is 0 Å². The van der Waals surface area contributed by atoms with E-state index in [2.05, 4.69) is 29.5 Å². The first-order chi connectivity index (χ1) is 16.4. The lowest BCUT2D eigenvalue weighted by Crippen LogP contribution is -2.44. The van der Waals surface area contributed by atoms with Gasteiger partial charge in [0.1, 0.15) is 5.75 Å². The quantitative estimate of drug-likeness (QED) is 0.427. The van der Waals surface area contributed by atoms with E-state index in [1.54, 1.807) is 7.11 Å². The molecule has 4 rings (SSSR count). The molecule has 0 aliphatic carbocycles. The van der Waals surface area contributed by atoms with Crippen LogP contribution in [0.3, 0.4) is 0 Å². The SMILES string of the molecule is COC(=O)c1c(C)n(C(C)C2CCN(C)C(COCc3ccc(OC)cc3)C2)c2ccccc12. The van der Waals surface area contributed by atoms with E-state index in [1.807, 2.05) is 49.4 Å². The van der Waals surface area contributed by atoms with Crippen molar-refractivity contribution in [2.24, 2.45) is 5.92 Å². The van der Waals surface area contributed by atoms with Gasteiger partial charge in [-0.05, 0) is 70.0 Å². The van der Waals surface area contributed by atoms with Crippen molar-refractivity contribution < 1.29 is 19.0 Å². The van der Waals surface area contributed by atoms with Gasteiger partial charge in [0.25, 0.3) is 0 Å². The number of methoxy groups -OCH3 is 2. The highest BCUT2D eigenvalue weighted by atomic mass is 16.5. The first-order valence-corrected chi connectivity index (χ1v) is 12.0. The minimum Gasteiger partial charge on any atom is -0.497 e. The summed E-state index contributed by atoms with van der Waals surface area (Å²) in [5.74, 6) is 1.08. The molecule has 0 spiro atoms. The molecule has 182 valence electrons. The third-order valence-electron chi connectivity index (χ3n) is 7.42. The van der Waals surface area contributed by atoms with Gasteiger partial charge in [0.05, 0.1) is 33.0 Å². The Morgan fingerprint density at radius 1 is 1.12 bits per heavy atom. The zero-order valence-corrected chi connectivity index (χ0v) is 20.9. The average molecular weight is 465 g/mol. The Hall–Kier alpha value is -2.83. The van der Waals surface area contributed by atoms with Crippen molar-refractivity contribution in [3.05, 3.63) is 65.4 Å². The van der Waals surface area contributed by atoms with Gasteiger partial charge in [-0.3, -0.25) is 0 Å². The Morgan fingerprint density at radius 3 is 2.56 bits per heavy atom. The molecule has 0 saturated carbocycles. The van der Waals surface area contributed by atoms with Gasteiger partial charge in [0.15, 0.2) is 0 Å². The van der Waals surface area contributed by atoms with Gasteiger partial charge in [-0.1, -0.05) is 30.3 Å². The third kappa shape index (κ3) is 4.84. The lowest BCUT2D eigenvalue weighted by Gasteiger charge is -2.40. The Morgan fingerprint density at radius 2 is 1.85 bits per heavy atom.